The third kappa shape index (κ3) is 3.36. The number of nitrogens with zero attached hydrogens (tertiary/aromatic N) is 2. The second-order valence-electron chi connectivity index (χ2n) is 5.92. The largest absolute Gasteiger partial charge is 0.376 e. The van der Waals surface area contributed by atoms with E-state index in [9.17, 15) is 10.1 Å². The monoisotopic (exact) mass is 319 g/mol. The van der Waals surface area contributed by atoms with Gasteiger partial charge in [-0.2, -0.15) is 5.26 Å². The van der Waals surface area contributed by atoms with Gasteiger partial charge in [0.25, 0.3) is 0 Å². The summed E-state index contributed by atoms with van der Waals surface area (Å²) in [4.78, 5) is 14.1. The molecule has 5 heteroatoms. The van der Waals surface area contributed by atoms with Crippen LogP contribution in [0.5, 0.6) is 0 Å². The number of benzene rings is 1. The molecule has 1 aromatic carbocycles. The summed E-state index contributed by atoms with van der Waals surface area (Å²) < 4.78 is 0. The van der Waals surface area contributed by atoms with E-state index in [1.807, 2.05) is 25.1 Å². The van der Waals surface area contributed by atoms with Crippen LogP contribution in [0.3, 0.4) is 0 Å². The number of amides is 1. The zero-order valence-corrected chi connectivity index (χ0v) is 13.9. The van der Waals surface area contributed by atoms with Crippen LogP contribution < -0.4 is 5.32 Å². The van der Waals surface area contributed by atoms with Gasteiger partial charge in [0.05, 0.1) is 12.6 Å². The van der Waals surface area contributed by atoms with Crippen LogP contribution in [0.2, 0.25) is 5.02 Å². The second kappa shape index (κ2) is 7.02. The molecule has 0 heterocycles. The van der Waals surface area contributed by atoms with Gasteiger partial charge in [0.15, 0.2) is 0 Å². The number of hydrogen-bond acceptors (Lipinski definition) is 3. The van der Waals surface area contributed by atoms with Crippen molar-refractivity contribution in [3.05, 3.63) is 28.8 Å². The molecule has 118 valence electrons. The van der Waals surface area contributed by atoms with E-state index >= 15 is 0 Å². The number of carbonyl (C=O) groups excluding carboxylic acids is 1. The fourth-order valence-corrected chi connectivity index (χ4v) is 3.16. The van der Waals surface area contributed by atoms with Crippen molar-refractivity contribution >= 4 is 23.2 Å². The van der Waals surface area contributed by atoms with Gasteiger partial charge in [0, 0.05) is 17.8 Å². The Kier molecular flexibility index (Phi) is 5.31. The fourth-order valence-electron chi connectivity index (χ4n) is 2.99. The first-order valence-corrected chi connectivity index (χ1v) is 8.05. The molecular formula is C17H22ClN3O. The molecule has 0 saturated heterocycles. The molecule has 0 radical (unpaired) electrons. The molecular weight excluding hydrogens is 298 g/mol. The van der Waals surface area contributed by atoms with Crippen LogP contribution in [0.4, 0.5) is 5.69 Å². The van der Waals surface area contributed by atoms with Crippen LogP contribution in [0, 0.1) is 18.3 Å². The molecule has 1 aliphatic carbocycles. The number of nitriles is 1. The maximum Gasteiger partial charge on any atom is 0.242 e. The Hall–Kier alpha value is -1.73. The number of likely N-dealkylation sites (N-methyl/N-ethyl adjacent to an activating group) is 1. The van der Waals surface area contributed by atoms with Gasteiger partial charge in [-0.05, 0) is 37.5 Å². The second-order valence-corrected chi connectivity index (χ2v) is 6.33. The number of hydrogen-bond donors (Lipinski definition) is 1. The number of carbonyl (C=O) groups is 1. The molecule has 0 bridgehead atoms. The van der Waals surface area contributed by atoms with E-state index in [1.165, 1.54) is 0 Å². The van der Waals surface area contributed by atoms with Crippen LogP contribution >= 0.6 is 11.6 Å². The van der Waals surface area contributed by atoms with E-state index in [1.54, 1.807) is 11.9 Å². The lowest BCUT2D eigenvalue weighted by atomic mass is 9.81. The van der Waals surface area contributed by atoms with Crippen molar-refractivity contribution in [1.82, 2.24) is 4.90 Å². The summed E-state index contributed by atoms with van der Waals surface area (Å²) >= 11 is 6.08. The molecule has 0 aromatic heterocycles. The lowest BCUT2D eigenvalue weighted by molar-refractivity contribution is -0.132. The van der Waals surface area contributed by atoms with E-state index in [2.05, 4.69) is 11.4 Å². The van der Waals surface area contributed by atoms with Crippen molar-refractivity contribution in [1.29, 1.82) is 5.26 Å². The minimum atomic E-state index is -0.639. The van der Waals surface area contributed by atoms with Crippen LogP contribution in [0.15, 0.2) is 18.2 Å². The van der Waals surface area contributed by atoms with Gasteiger partial charge < -0.3 is 10.2 Å². The highest BCUT2D eigenvalue weighted by atomic mass is 35.5. The maximum absolute atomic E-state index is 12.5. The van der Waals surface area contributed by atoms with Crippen molar-refractivity contribution in [2.75, 3.05) is 18.9 Å². The molecule has 4 nitrogen and oxygen atoms in total. The van der Waals surface area contributed by atoms with E-state index in [0.29, 0.717) is 5.02 Å². The minimum Gasteiger partial charge on any atom is -0.376 e. The highest BCUT2D eigenvalue weighted by molar-refractivity contribution is 6.31. The lowest BCUT2D eigenvalue weighted by Crippen LogP contribution is -2.51. The SMILES string of the molecule is Cc1c(Cl)cccc1NCC(=O)N(C)C1(C#N)CCCCC1. The van der Waals surface area contributed by atoms with Crippen molar-refractivity contribution in [3.8, 4) is 6.07 Å². The summed E-state index contributed by atoms with van der Waals surface area (Å²) in [6.45, 7) is 2.08. The van der Waals surface area contributed by atoms with Gasteiger partial charge >= 0.3 is 0 Å². The first kappa shape index (κ1) is 16.6. The van der Waals surface area contributed by atoms with Crippen LogP contribution in [0.1, 0.15) is 37.7 Å². The normalized spacial score (nSPS) is 16.6. The van der Waals surface area contributed by atoms with Crippen LogP contribution in [0.25, 0.3) is 0 Å². The average Bonchev–Trinajstić information content (AvgIpc) is 2.55. The summed E-state index contributed by atoms with van der Waals surface area (Å²) in [6.07, 6.45) is 4.69. The Balaban J connectivity index is 2.02. The van der Waals surface area contributed by atoms with Crippen LogP contribution in [-0.4, -0.2) is 29.9 Å². The summed E-state index contributed by atoms with van der Waals surface area (Å²) in [6, 6.07) is 7.94. The number of rotatable bonds is 4. The first-order chi connectivity index (χ1) is 10.5. The molecule has 1 saturated carbocycles. The Bertz CT molecular complexity index is 588. The Morgan fingerprint density at radius 3 is 2.73 bits per heavy atom. The van der Waals surface area contributed by atoms with E-state index < -0.39 is 5.54 Å². The van der Waals surface area contributed by atoms with Crippen molar-refractivity contribution in [3.63, 3.8) is 0 Å². The molecule has 1 amide bonds. The zero-order valence-electron chi connectivity index (χ0n) is 13.2. The lowest BCUT2D eigenvalue weighted by Gasteiger charge is -2.39. The first-order valence-electron chi connectivity index (χ1n) is 7.67. The summed E-state index contributed by atoms with van der Waals surface area (Å²) in [5.74, 6) is -0.0668. The maximum atomic E-state index is 12.5. The fraction of sp³-hybridized carbons (Fsp3) is 0.529. The van der Waals surface area contributed by atoms with Crippen molar-refractivity contribution in [2.24, 2.45) is 0 Å². The van der Waals surface area contributed by atoms with Crippen LogP contribution in [-0.2, 0) is 4.79 Å². The molecule has 1 fully saturated rings. The molecule has 0 aliphatic heterocycles. The summed E-state index contributed by atoms with van der Waals surface area (Å²) in [7, 11) is 1.74. The third-order valence-corrected chi connectivity index (χ3v) is 5.01. The van der Waals surface area contributed by atoms with Gasteiger partial charge in [-0.1, -0.05) is 36.9 Å². The van der Waals surface area contributed by atoms with Gasteiger partial charge in [0.1, 0.15) is 5.54 Å². The smallest absolute Gasteiger partial charge is 0.242 e. The third-order valence-electron chi connectivity index (χ3n) is 4.60. The number of anilines is 1. The zero-order chi connectivity index (χ0) is 16.2. The summed E-state index contributed by atoms with van der Waals surface area (Å²) in [5.41, 5.74) is 1.14. The number of halogens is 1. The van der Waals surface area contributed by atoms with Gasteiger partial charge in [-0.25, -0.2) is 0 Å². The van der Waals surface area contributed by atoms with Gasteiger partial charge in [0.2, 0.25) is 5.91 Å². The Morgan fingerprint density at radius 2 is 2.09 bits per heavy atom. The molecule has 2 rings (SSSR count). The molecule has 0 atom stereocenters. The van der Waals surface area contributed by atoms with Crippen molar-refractivity contribution < 1.29 is 4.79 Å². The molecule has 0 spiro atoms. The highest BCUT2D eigenvalue weighted by Crippen LogP contribution is 2.32. The topological polar surface area (TPSA) is 56.1 Å². The average molecular weight is 320 g/mol. The predicted molar refractivity (Wildman–Crippen MR) is 88.9 cm³/mol. The van der Waals surface area contributed by atoms with Gasteiger partial charge in [-0.3, -0.25) is 4.79 Å². The summed E-state index contributed by atoms with van der Waals surface area (Å²) in [5, 5.41) is 13.3. The molecule has 1 aliphatic rings. The van der Waals surface area contributed by atoms with Crippen molar-refractivity contribution in [2.45, 2.75) is 44.6 Å². The molecule has 0 unspecified atom stereocenters. The molecule has 1 N–H and O–H groups in total. The predicted octanol–water partition coefficient (Wildman–Crippen LogP) is 3.75. The quantitative estimate of drug-likeness (QED) is 0.919. The minimum absolute atomic E-state index is 0.0668. The van der Waals surface area contributed by atoms with E-state index in [0.717, 1.165) is 43.4 Å². The number of nitrogens with one attached hydrogen (secondary N) is 1. The highest BCUT2D eigenvalue weighted by Gasteiger charge is 2.38. The van der Waals surface area contributed by atoms with E-state index in [4.69, 9.17) is 11.6 Å². The standard InChI is InChI=1S/C17H22ClN3O/c1-13-14(18)7-6-8-15(13)20-11-16(22)21(2)17(12-19)9-4-3-5-10-17/h6-8,20H,3-5,9-11H2,1-2H3. The molecule has 22 heavy (non-hydrogen) atoms. The Labute approximate surface area is 137 Å². The van der Waals surface area contributed by atoms with E-state index in [-0.39, 0.29) is 12.5 Å². The van der Waals surface area contributed by atoms with Gasteiger partial charge in [-0.15, -0.1) is 0 Å². The molecule has 1 aromatic rings. The Morgan fingerprint density at radius 1 is 1.41 bits per heavy atom.